The summed E-state index contributed by atoms with van der Waals surface area (Å²) in [6.07, 6.45) is 1.74. The van der Waals surface area contributed by atoms with Crippen molar-refractivity contribution < 1.29 is 4.74 Å². The molecule has 0 aromatic carbocycles. The van der Waals surface area contributed by atoms with E-state index in [1.807, 2.05) is 26.0 Å². The Bertz CT molecular complexity index is 595. The number of methoxy groups -OCH3 is 1. The molecule has 0 saturated heterocycles. The lowest BCUT2D eigenvalue weighted by Crippen LogP contribution is -2.20. The molecule has 0 aliphatic heterocycles. The fraction of sp³-hybridized carbons (Fsp3) is 0.400. The van der Waals surface area contributed by atoms with Gasteiger partial charge in [-0.05, 0) is 41.9 Å². The first-order valence-corrected chi connectivity index (χ1v) is 7.57. The topological polar surface area (TPSA) is 59.9 Å². The van der Waals surface area contributed by atoms with Crippen molar-refractivity contribution in [2.24, 2.45) is 0 Å². The lowest BCUT2D eigenvalue weighted by Gasteiger charge is -2.12. The molecule has 1 N–H and O–H groups in total. The predicted octanol–water partition coefficient (Wildman–Crippen LogP) is 2.65. The average molecular weight is 351 g/mol. The van der Waals surface area contributed by atoms with Gasteiger partial charge in [0.2, 0.25) is 0 Å². The van der Waals surface area contributed by atoms with E-state index in [9.17, 15) is 0 Å². The van der Waals surface area contributed by atoms with Gasteiger partial charge < -0.3 is 10.1 Å². The molecule has 0 saturated carbocycles. The second-order valence-corrected chi connectivity index (χ2v) is 5.55. The third kappa shape index (κ3) is 4.06. The molecule has 2 heterocycles. The number of rotatable bonds is 6. The minimum atomic E-state index is 0.651. The van der Waals surface area contributed by atoms with E-state index in [0.717, 1.165) is 40.2 Å². The summed E-state index contributed by atoms with van der Waals surface area (Å²) in [7, 11) is 1.70. The molecule has 0 atom stereocenters. The van der Waals surface area contributed by atoms with Gasteiger partial charge in [-0.25, -0.2) is 9.97 Å². The van der Waals surface area contributed by atoms with Crippen molar-refractivity contribution in [1.29, 1.82) is 0 Å². The van der Waals surface area contributed by atoms with Crippen LogP contribution in [0.2, 0.25) is 0 Å². The van der Waals surface area contributed by atoms with E-state index in [0.29, 0.717) is 12.4 Å². The van der Waals surface area contributed by atoms with Crippen LogP contribution in [-0.2, 0) is 11.3 Å². The van der Waals surface area contributed by atoms with Crippen LogP contribution in [0.5, 0.6) is 0 Å². The highest BCUT2D eigenvalue weighted by molar-refractivity contribution is 9.10. The van der Waals surface area contributed by atoms with Crippen molar-refractivity contribution in [1.82, 2.24) is 20.3 Å². The largest absolute Gasteiger partial charge is 0.383 e. The SMILES string of the molecule is COCCNCc1c(C)nc(-c2ncccc2Br)nc1C. The van der Waals surface area contributed by atoms with Crippen LogP contribution in [0.25, 0.3) is 11.5 Å². The maximum atomic E-state index is 5.02. The van der Waals surface area contributed by atoms with Crippen LogP contribution >= 0.6 is 15.9 Å². The summed E-state index contributed by atoms with van der Waals surface area (Å²) < 4.78 is 5.92. The first-order chi connectivity index (χ1) is 10.1. The normalized spacial score (nSPS) is 10.9. The van der Waals surface area contributed by atoms with Crippen molar-refractivity contribution in [3.8, 4) is 11.5 Å². The number of hydrogen-bond donors (Lipinski definition) is 1. The quantitative estimate of drug-likeness (QED) is 0.811. The Morgan fingerprint density at radius 3 is 2.57 bits per heavy atom. The van der Waals surface area contributed by atoms with Crippen LogP contribution in [0.1, 0.15) is 17.0 Å². The van der Waals surface area contributed by atoms with Gasteiger partial charge in [0.05, 0.1) is 6.61 Å². The van der Waals surface area contributed by atoms with E-state index in [1.165, 1.54) is 0 Å². The number of aryl methyl sites for hydroxylation is 2. The van der Waals surface area contributed by atoms with Gasteiger partial charge in [-0.2, -0.15) is 0 Å². The van der Waals surface area contributed by atoms with E-state index in [1.54, 1.807) is 13.3 Å². The zero-order valence-electron chi connectivity index (χ0n) is 12.5. The van der Waals surface area contributed by atoms with Crippen LogP contribution in [0.4, 0.5) is 0 Å². The summed E-state index contributed by atoms with van der Waals surface area (Å²) in [5, 5.41) is 3.32. The number of nitrogens with one attached hydrogen (secondary N) is 1. The molecule has 0 bridgehead atoms. The molecule has 0 fully saturated rings. The van der Waals surface area contributed by atoms with Crippen molar-refractivity contribution in [3.05, 3.63) is 39.8 Å². The number of ether oxygens (including phenoxy) is 1. The van der Waals surface area contributed by atoms with Crippen molar-refractivity contribution in [2.75, 3.05) is 20.3 Å². The highest BCUT2D eigenvalue weighted by Crippen LogP contribution is 2.24. The monoisotopic (exact) mass is 350 g/mol. The summed E-state index contributed by atoms with van der Waals surface area (Å²) in [6, 6.07) is 3.82. The number of pyridine rings is 1. The average Bonchev–Trinajstić information content (AvgIpc) is 2.46. The first-order valence-electron chi connectivity index (χ1n) is 6.78. The Labute approximate surface area is 133 Å². The predicted molar refractivity (Wildman–Crippen MR) is 86.0 cm³/mol. The maximum Gasteiger partial charge on any atom is 0.179 e. The highest BCUT2D eigenvalue weighted by atomic mass is 79.9. The van der Waals surface area contributed by atoms with Crippen LogP contribution < -0.4 is 5.32 Å². The molecule has 112 valence electrons. The zero-order chi connectivity index (χ0) is 15.2. The number of halogens is 1. The standard InChI is InChI=1S/C15H19BrN4O/c1-10-12(9-17-7-8-21-3)11(2)20-15(19-10)14-13(16)5-4-6-18-14/h4-6,17H,7-9H2,1-3H3. The van der Waals surface area contributed by atoms with Gasteiger partial charge in [0, 0.05) is 47.8 Å². The molecule has 2 rings (SSSR count). The summed E-state index contributed by atoms with van der Waals surface area (Å²) >= 11 is 3.49. The van der Waals surface area contributed by atoms with Gasteiger partial charge in [-0.1, -0.05) is 0 Å². The molecule has 0 radical (unpaired) electrons. The molecule has 0 spiro atoms. The van der Waals surface area contributed by atoms with Crippen molar-refractivity contribution >= 4 is 15.9 Å². The lowest BCUT2D eigenvalue weighted by molar-refractivity contribution is 0.199. The van der Waals surface area contributed by atoms with E-state index >= 15 is 0 Å². The molecule has 5 nitrogen and oxygen atoms in total. The minimum Gasteiger partial charge on any atom is -0.383 e. The minimum absolute atomic E-state index is 0.651. The van der Waals surface area contributed by atoms with Gasteiger partial charge in [-0.3, -0.25) is 4.98 Å². The molecular weight excluding hydrogens is 332 g/mol. The maximum absolute atomic E-state index is 5.02. The van der Waals surface area contributed by atoms with Crippen molar-refractivity contribution in [3.63, 3.8) is 0 Å². The van der Waals surface area contributed by atoms with Gasteiger partial charge in [0.25, 0.3) is 0 Å². The zero-order valence-corrected chi connectivity index (χ0v) is 14.1. The second kappa shape index (κ2) is 7.59. The van der Waals surface area contributed by atoms with Crippen molar-refractivity contribution in [2.45, 2.75) is 20.4 Å². The van der Waals surface area contributed by atoms with Crippen LogP contribution in [0.3, 0.4) is 0 Å². The number of nitrogens with zero attached hydrogens (tertiary/aromatic N) is 3. The lowest BCUT2D eigenvalue weighted by atomic mass is 10.1. The van der Waals surface area contributed by atoms with Gasteiger partial charge in [-0.15, -0.1) is 0 Å². The van der Waals surface area contributed by atoms with Gasteiger partial charge in [0.1, 0.15) is 5.69 Å². The molecule has 6 heteroatoms. The Kier molecular flexibility index (Phi) is 5.78. The third-order valence-electron chi connectivity index (χ3n) is 3.18. The Balaban J connectivity index is 2.23. The highest BCUT2D eigenvalue weighted by Gasteiger charge is 2.12. The second-order valence-electron chi connectivity index (χ2n) is 4.70. The van der Waals surface area contributed by atoms with Crippen LogP contribution in [0, 0.1) is 13.8 Å². The summed E-state index contributed by atoms with van der Waals surface area (Å²) in [5.41, 5.74) is 3.84. The molecule has 0 aliphatic rings. The van der Waals surface area contributed by atoms with Gasteiger partial charge >= 0.3 is 0 Å². The van der Waals surface area contributed by atoms with Crippen LogP contribution in [-0.4, -0.2) is 35.2 Å². The van der Waals surface area contributed by atoms with Gasteiger partial charge in [0.15, 0.2) is 5.82 Å². The molecule has 2 aromatic rings. The number of aromatic nitrogens is 3. The molecule has 0 aliphatic carbocycles. The fourth-order valence-corrected chi connectivity index (χ4v) is 2.47. The smallest absolute Gasteiger partial charge is 0.179 e. The Hall–Kier alpha value is -1.37. The van der Waals surface area contributed by atoms with Crippen LogP contribution in [0.15, 0.2) is 22.8 Å². The fourth-order valence-electron chi connectivity index (χ4n) is 2.04. The van der Waals surface area contributed by atoms with E-state index < -0.39 is 0 Å². The summed E-state index contributed by atoms with van der Waals surface area (Å²) in [4.78, 5) is 13.5. The Morgan fingerprint density at radius 1 is 1.24 bits per heavy atom. The summed E-state index contributed by atoms with van der Waals surface area (Å²) in [6.45, 7) is 6.25. The molecule has 21 heavy (non-hydrogen) atoms. The molecular formula is C15H19BrN4O. The van der Waals surface area contributed by atoms with E-state index in [-0.39, 0.29) is 0 Å². The number of hydrogen-bond acceptors (Lipinski definition) is 5. The first kappa shape index (κ1) is 16.0. The molecule has 0 unspecified atom stereocenters. The molecule has 0 amide bonds. The summed E-state index contributed by atoms with van der Waals surface area (Å²) in [5.74, 6) is 0.651. The van der Waals surface area contributed by atoms with E-state index in [2.05, 4.69) is 36.2 Å². The Morgan fingerprint density at radius 2 is 1.95 bits per heavy atom. The van der Waals surface area contributed by atoms with E-state index in [4.69, 9.17) is 4.74 Å². The third-order valence-corrected chi connectivity index (χ3v) is 3.82. The molecule has 2 aromatic heterocycles.